The van der Waals surface area contributed by atoms with Crippen LogP contribution in [0, 0.1) is 0 Å². The first kappa shape index (κ1) is 21.5. The van der Waals surface area contributed by atoms with Crippen LogP contribution in [0.15, 0.2) is 93.6 Å². The van der Waals surface area contributed by atoms with Gasteiger partial charge in [-0.15, -0.1) is 0 Å². The minimum absolute atomic E-state index is 0.120. The summed E-state index contributed by atoms with van der Waals surface area (Å²) in [5, 5.41) is 0.519. The van der Waals surface area contributed by atoms with E-state index in [0.29, 0.717) is 5.02 Å². The minimum Gasteiger partial charge on any atom is -0.259 e. The Kier molecular flexibility index (Phi) is 6.43. The van der Waals surface area contributed by atoms with E-state index in [2.05, 4.69) is 4.99 Å². The van der Waals surface area contributed by atoms with Crippen molar-refractivity contribution in [2.45, 2.75) is 14.4 Å². The average Bonchev–Trinajstić information content (AvgIpc) is 2.72. The Hall–Kier alpha value is -2.19. The maximum Gasteiger partial charge on any atom is 0.206 e. The molecule has 0 aliphatic heterocycles. The van der Waals surface area contributed by atoms with Crippen molar-refractivity contribution in [3.63, 3.8) is 0 Å². The smallest absolute Gasteiger partial charge is 0.206 e. The Morgan fingerprint density at radius 1 is 0.690 bits per heavy atom. The van der Waals surface area contributed by atoms with Crippen molar-refractivity contribution in [2.24, 2.45) is 4.99 Å². The highest BCUT2D eigenvalue weighted by atomic mass is 35.5. The van der Waals surface area contributed by atoms with E-state index in [1.165, 1.54) is 66.7 Å². The first-order valence-electron chi connectivity index (χ1n) is 8.30. The zero-order valence-corrected chi connectivity index (χ0v) is 18.0. The summed E-state index contributed by atoms with van der Waals surface area (Å²) in [5.74, 6) is 0. The average molecular weight is 468 g/mol. The van der Waals surface area contributed by atoms with E-state index in [0.717, 1.165) is 6.21 Å². The summed E-state index contributed by atoms with van der Waals surface area (Å²) in [4.78, 5) is 3.83. The third-order valence-electron chi connectivity index (χ3n) is 4.00. The summed E-state index contributed by atoms with van der Waals surface area (Å²) < 4.78 is 50.8. The molecule has 0 aliphatic carbocycles. The summed E-state index contributed by atoms with van der Waals surface area (Å²) in [6, 6.07) is 19.2. The van der Waals surface area contributed by atoms with Crippen molar-refractivity contribution in [1.29, 1.82) is 0 Å². The van der Waals surface area contributed by atoms with Gasteiger partial charge in [-0.3, -0.25) is 4.99 Å². The maximum atomic E-state index is 13.2. The van der Waals surface area contributed by atoms with Gasteiger partial charge in [-0.1, -0.05) is 59.6 Å². The summed E-state index contributed by atoms with van der Waals surface area (Å²) in [7, 11) is -8.58. The molecule has 0 saturated carbocycles. The molecule has 29 heavy (non-hydrogen) atoms. The first-order chi connectivity index (χ1) is 13.7. The molecule has 0 bridgehead atoms. The molecule has 3 aromatic carbocycles. The quantitative estimate of drug-likeness (QED) is 0.479. The van der Waals surface area contributed by atoms with Gasteiger partial charge in [0.25, 0.3) is 0 Å². The van der Waals surface area contributed by atoms with E-state index in [1.807, 2.05) is 0 Å². The molecule has 0 fully saturated rings. The van der Waals surface area contributed by atoms with Crippen LogP contribution in [0.25, 0.3) is 0 Å². The Morgan fingerprint density at radius 2 is 1.17 bits per heavy atom. The van der Waals surface area contributed by atoms with Gasteiger partial charge in [0.15, 0.2) is 0 Å². The van der Waals surface area contributed by atoms with E-state index < -0.39 is 24.3 Å². The molecule has 9 heteroatoms. The summed E-state index contributed by atoms with van der Waals surface area (Å²) >= 11 is 11.8. The van der Waals surface area contributed by atoms with Crippen LogP contribution in [0.1, 0.15) is 0 Å². The lowest BCUT2D eigenvalue weighted by Crippen LogP contribution is -2.32. The number of sulfone groups is 2. The van der Waals surface area contributed by atoms with Gasteiger partial charge >= 0.3 is 0 Å². The van der Waals surface area contributed by atoms with E-state index in [4.69, 9.17) is 23.2 Å². The number of hydrogen-bond acceptors (Lipinski definition) is 5. The standard InChI is InChI=1S/C20H15Cl2NO4S2/c21-18-12-11-15(13-19(18)22)23-14-20(28(24,25)16-7-3-1-4-8-16)29(26,27)17-9-5-2-6-10-17/h1-14,20H. The van der Waals surface area contributed by atoms with Crippen LogP contribution in [-0.2, 0) is 19.7 Å². The summed E-state index contributed by atoms with van der Waals surface area (Å²) in [6.07, 6.45) is 0.907. The van der Waals surface area contributed by atoms with Crippen LogP contribution in [0.5, 0.6) is 0 Å². The third kappa shape index (κ3) is 4.70. The number of halogens is 2. The van der Waals surface area contributed by atoms with Gasteiger partial charge in [0.05, 0.1) is 25.5 Å². The number of rotatable bonds is 6. The maximum absolute atomic E-state index is 13.2. The molecule has 0 heterocycles. The van der Waals surface area contributed by atoms with Crippen LogP contribution >= 0.6 is 23.2 Å². The molecule has 0 atom stereocenters. The summed E-state index contributed by atoms with van der Waals surface area (Å²) in [5.41, 5.74) is 0.274. The monoisotopic (exact) mass is 467 g/mol. The number of benzene rings is 3. The fraction of sp³-hybridized carbons (Fsp3) is 0.0500. The zero-order chi connectivity index (χ0) is 21.1. The van der Waals surface area contributed by atoms with Crippen molar-refractivity contribution < 1.29 is 16.8 Å². The second-order valence-electron chi connectivity index (χ2n) is 5.96. The minimum atomic E-state index is -4.29. The van der Waals surface area contributed by atoms with Gasteiger partial charge in [-0.2, -0.15) is 0 Å². The van der Waals surface area contributed by atoms with Crippen LogP contribution in [0.4, 0.5) is 5.69 Å². The lowest BCUT2D eigenvalue weighted by atomic mass is 10.3. The molecule has 0 radical (unpaired) electrons. The number of aliphatic imine (C=N–C) groups is 1. The number of hydrogen-bond donors (Lipinski definition) is 0. The highest BCUT2D eigenvalue weighted by molar-refractivity contribution is 8.10. The van der Waals surface area contributed by atoms with E-state index >= 15 is 0 Å². The molecule has 150 valence electrons. The van der Waals surface area contributed by atoms with E-state index in [1.54, 1.807) is 12.1 Å². The van der Waals surface area contributed by atoms with Crippen LogP contribution in [0.2, 0.25) is 10.0 Å². The normalized spacial score (nSPS) is 12.5. The summed E-state index contributed by atoms with van der Waals surface area (Å²) in [6.45, 7) is 0. The van der Waals surface area contributed by atoms with E-state index in [9.17, 15) is 16.8 Å². The van der Waals surface area contributed by atoms with Crippen LogP contribution in [0.3, 0.4) is 0 Å². The number of nitrogens with zero attached hydrogens (tertiary/aromatic N) is 1. The highest BCUT2D eigenvalue weighted by Gasteiger charge is 2.38. The second kappa shape index (κ2) is 8.67. The predicted molar refractivity (Wildman–Crippen MR) is 116 cm³/mol. The molecule has 5 nitrogen and oxygen atoms in total. The second-order valence-corrected chi connectivity index (χ2v) is 11.2. The molecular weight excluding hydrogens is 453 g/mol. The Balaban J connectivity index is 2.14. The van der Waals surface area contributed by atoms with Gasteiger partial charge in [0, 0.05) is 6.21 Å². The van der Waals surface area contributed by atoms with Crippen LogP contribution in [-0.4, -0.2) is 27.6 Å². The fourth-order valence-electron chi connectivity index (χ4n) is 2.53. The van der Waals surface area contributed by atoms with Crippen molar-refractivity contribution in [2.75, 3.05) is 0 Å². The molecule has 0 N–H and O–H groups in total. The van der Waals surface area contributed by atoms with Gasteiger partial charge in [-0.25, -0.2) is 16.8 Å². The largest absolute Gasteiger partial charge is 0.259 e. The van der Waals surface area contributed by atoms with Crippen molar-refractivity contribution >= 4 is 54.8 Å². The molecule has 3 rings (SSSR count). The molecule has 3 aromatic rings. The van der Waals surface area contributed by atoms with Gasteiger partial charge in [0.2, 0.25) is 24.3 Å². The molecule has 0 aromatic heterocycles. The third-order valence-corrected chi connectivity index (χ3v) is 9.59. The lowest BCUT2D eigenvalue weighted by molar-refractivity contribution is 0.584. The first-order valence-corrected chi connectivity index (χ1v) is 12.1. The van der Waals surface area contributed by atoms with Gasteiger partial charge in [-0.05, 0) is 42.5 Å². The predicted octanol–water partition coefficient (Wildman–Crippen LogP) is 4.97. The van der Waals surface area contributed by atoms with Gasteiger partial charge < -0.3 is 0 Å². The van der Waals surface area contributed by atoms with Crippen molar-refractivity contribution in [3.05, 3.63) is 88.9 Å². The molecule has 0 amide bonds. The Morgan fingerprint density at radius 3 is 1.62 bits per heavy atom. The topological polar surface area (TPSA) is 80.6 Å². The molecule has 0 aliphatic rings. The molecular formula is C20H15Cl2NO4S2. The van der Waals surface area contributed by atoms with Crippen molar-refractivity contribution in [1.82, 2.24) is 0 Å². The Bertz CT molecular complexity index is 1170. The van der Waals surface area contributed by atoms with E-state index in [-0.39, 0.29) is 20.5 Å². The Labute approximate surface area is 179 Å². The zero-order valence-electron chi connectivity index (χ0n) is 14.8. The lowest BCUT2D eigenvalue weighted by Gasteiger charge is -2.15. The fourth-order valence-corrected chi connectivity index (χ4v) is 6.87. The molecule has 0 unspecified atom stereocenters. The van der Waals surface area contributed by atoms with Crippen molar-refractivity contribution in [3.8, 4) is 0 Å². The van der Waals surface area contributed by atoms with Crippen LogP contribution < -0.4 is 0 Å². The highest BCUT2D eigenvalue weighted by Crippen LogP contribution is 2.28. The molecule has 0 saturated heterocycles. The molecule has 0 spiro atoms. The van der Waals surface area contributed by atoms with Gasteiger partial charge in [0.1, 0.15) is 0 Å². The SMILES string of the molecule is O=S(=O)(c1ccccc1)C(C=Nc1ccc(Cl)c(Cl)c1)S(=O)(=O)c1ccccc1.